The SMILES string of the molecule is COc1cc(C(=O)NC(C)(C)CN(C)C)ccc1-c1cc2nccc(-c3ccc(NC4CCOCC4)c(C#N)c3)c2o1. The monoisotopic (exact) mass is 567 g/mol. The molecule has 9 heteroatoms. The Kier molecular flexibility index (Phi) is 8.48. The van der Waals surface area contributed by atoms with Crippen molar-refractivity contribution in [2.45, 2.75) is 38.3 Å². The van der Waals surface area contributed by atoms with Gasteiger partial charge in [-0.25, -0.2) is 0 Å². The second-order valence-corrected chi connectivity index (χ2v) is 11.6. The van der Waals surface area contributed by atoms with Crippen LogP contribution >= 0.6 is 0 Å². The smallest absolute Gasteiger partial charge is 0.251 e. The number of aromatic nitrogens is 1. The molecule has 0 unspecified atom stereocenters. The summed E-state index contributed by atoms with van der Waals surface area (Å²) in [5.41, 5.74) is 5.16. The van der Waals surface area contributed by atoms with Crippen LogP contribution in [0.1, 0.15) is 42.6 Å². The molecule has 0 spiro atoms. The van der Waals surface area contributed by atoms with Crippen LogP contribution in [0.5, 0.6) is 5.75 Å². The lowest BCUT2D eigenvalue weighted by atomic mass is 10.0. The molecule has 0 saturated carbocycles. The standard InChI is InChI=1S/C33H37N5O4/c1-33(2,20-38(3)4)37-32(39)22-6-8-26(29(17-22)40-5)30-18-28-31(42-30)25(10-13-35-28)21-7-9-27(23(16-21)19-34)36-24-11-14-41-15-12-24/h6-10,13,16-18,24,36H,11-12,14-15,20H2,1-5H3,(H,37,39). The maximum atomic E-state index is 13.0. The summed E-state index contributed by atoms with van der Waals surface area (Å²) >= 11 is 0. The van der Waals surface area contributed by atoms with E-state index in [4.69, 9.17) is 13.9 Å². The minimum Gasteiger partial charge on any atom is -0.496 e. The summed E-state index contributed by atoms with van der Waals surface area (Å²) < 4.78 is 17.5. The van der Waals surface area contributed by atoms with Crippen molar-refractivity contribution in [1.82, 2.24) is 15.2 Å². The van der Waals surface area contributed by atoms with Crippen molar-refractivity contribution in [3.05, 3.63) is 65.9 Å². The minimum absolute atomic E-state index is 0.177. The maximum absolute atomic E-state index is 13.0. The third-order valence-corrected chi connectivity index (χ3v) is 7.34. The molecular formula is C33H37N5O4. The van der Waals surface area contributed by atoms with Gasteiger partial charge >= 0.3 is 0 Å². The highest BCUT2D eigenvalue weighted by molar-refractivity contribution is 5.97. The van der Waals surface area contributed by atoms with Crippen LogP contribution in [0.2, 0.25) is 0 Å². The van der Waals surface area contributed by atoms with Crippen LogP contribution in [-0.4, -0.2) is 68.3 Å². The molecule has 1 amide bonds. The first kappa shape index (κ1) is 29.1. The van der Waals surface area contributed by atoms with E-state index >= 15 is 0 Å². The predicted molar refractivity (Wildman–Crippen MR) is 164 cm³/mol. The lowest BCUT2D eigenvalue weighted by molar-refractivity contribution is 0.0897. The average molecular weight is 568 g/mol. The van der Waals surface area contributed by atoms with Gasteiger partial charge in [-0.2, -0.15) is 5.26 Å². The van der Waals surface area contributed by atoms with Crippen molar-refractivity contribution in [2.75, 3.05) is 46.3 Å². The van der Waals surface area contributed by atoms with Gasteiger partial charge in [0.15, 0.2) is 5.58 Å². The van der Waals surface area contributed by atoms with Gasteiger partial charge in [-0.3, -0.25) is 9.78 Å². The topological polar surface area (TPSA) is 113 Å². The van der Waals surface area contributed by atoms with Gasteiger partial charge in [0.05, 0.1) is 23.9 Å². The number of nitrogens with zero attached hydrogens (tertiary/aromatic N) is 3. The molecule has 1 aliphatic heterocycles. The first-order valence-electron chi connectivity index (χ1n) is 14.1. The van der Waals surface area contributed by atoms with Gasteiger partial charge in [0.1, 0.15) is 23.1 Å². The Hall–Kier alpha value is -4.39. The van der Waals surface area contributed by atoms with Gasteiger partial charge in [-0.15, -0.1) is 0 Å². The molecule has 5 rings (SSSR count). The molecule has 2 aromatic carbocycles. The van der Waals surface area contributed by atoms with Crippen molar-refractivity contribution in [2.24, 2.45) is 0 Å². The number of carbonyl (C=O) groups is 1. The maximum Gasteiger partial charge on any atom is 0.251 e. The number of carbonyl (C=O) groups excluding carboxylic acids is 1. The number of benzene rings is 2. The summed E-state index contributed by atoms with van der Waals surface area (Å²) in [6, 6.07) is 17.5. The number of rotatable bonds is 9. The largest absolute Gasteiger partial charge is 0.496 e. The molecule has 1 saturated heterocycles. The first-order valence-corrected chi connectivity index (χ1v) is 14.1. The zero-order chi connectivity index (χ0) is 29.9. The summed E-state index contributed by atoms with van der Waals surface area (Å²) in [6.45, 7) is 6.14. The number of fused-ring (bicyclic) bond motifs is 1. The molecule has 4 aromatic rings. The number of nitrogens with one attached hydrogen (secondary N) is 2. The van der Waals surface area contributed by atoms with Gasteiger partial charge in [0.25, 0.3) is 5.91 Å². The molecule has 3 heterocycles. The third kappa shape index (κ3) is 6.40. The molecule has 0 aliphatic carbocycles. The van der Waals surface area contributed by atoms with E-state index in [0.717, 1.165) is 42.9 Å². The van der Waals surface area contributed by atoms with Crippen LogP contribution in [0.15, 0.2) is 59.1 Å². The summed E-state index contributed by atoms with van der Waals surface area (Å²) in [5, 5.41) is 16.5. The van der Waals surface area contributed by atoms with E-state index in [-0.39, 0.29) is 11.9 Å². The van der Waals surface area contributed by atoms with E-state index in [2.05, 4.69) is 21.7 Å². The van der Waals surface area contributed by atoms with Crippen molar-refractivity contribution >= 4 is 22.7 Å². The van der Waals surface area contributed by atoms with Crippen molar-refractivity contribution in [3.8, 4) is 34.3 Å². The van der Waals surface area contributed by atoms with Crippen LogP contribution in [-0.2, 0) is 4.74 Å². The molecule has 2 aromatic heterocycles. The Morgan fingerprint density at radius 2 is 1.90 bits per heavy atom. The molecule has 1 aliphatic rings. The van der Waals surface area contributed by atoms with Crippen LogP contribution in [0.3, 0.4) is 0 Å². The van der Waals surface area contributed by atoms with Crippen LogP contribution in [0.4, 0.5) is 5.69 Å². The molecule has 0 atom stereocenters. The van der Waals surface area contributed by atoms with Crippen LogP contribution < -0.4 is 15.4 Å². The molecule has 1 fully saturated rings. The lowest BCUT2D eigenvalue weighted by Crippen LogP contribution is -2.49. The van der Waals surface area contributed by atoms with E-state index in [9.17, 15) is 10.1 Å². The Bertz CT molecular complexity index is 1630. The minimum atomic E-state index is -0.405. The van der Waals surface area contributed by atoms with Crippen molar-refractivity contribution in [3.63, 3.8) is 0 Å². The second-order valence-electron chi connectivity index (χ2n) is 11.6. The molecule has 0 bridgehead atoms. The Labute approximate surface area is 246 Å². The fourth-order valence-electron chi connectivity index (χ4n) is 5.54. The number of likely N-dealkylation sites (N-methyl/N-ethyl adjacent to an activating group) is 1. The Morgan fingerprint density at radius 1 is 1.12 bits per heavy atom. The highest BCUT2D eigenvalue weighted by Crippen LogP contribution is 2.38. The van der Waals surface area contributed by atoms with E-state index in [1.165, 1.54) is 0 Å². The summed E-state index contributed by atoms with van der Waals surface area (Å²) in [5.74, 6) is 0.910. The number of hydrogen-bond donors (Lipinski definition) is 2. The van der Waals surface area contributed by atoms with E-state index in [0.29, 0.717) is 45.8 Å². The summed E-state index contributed by atoms with van der Waals surface area (Å²) in [7, 11) is 5.52. The van der Waals surface area contributed by atoms with Crippen molar-refractivity contribution < 1.29 is 18.7 Å². The number of nitriles is 1. The molecule has 42 heavy (non-hydrogen) atoms. The second kappa shape index (κ2) is 12.2. The lowest BCUT2D eigenvalue weighted by Gasteiger charge is -2.29. The fraction of sp³-hybridized carbons (Fsp3) is 0.364. The number of pyridine rings is 1. The Balaban J connectivity index is 1.44. The van der Waals surface area contributed by atoms with Gasteiger partial charge in [0.2, 0.25) is 0 Å². The molecule has 2 N–H and O–H groups in total. The van der Waals surface area contributed by atoms with Crippen LogP contribution in [0, 0.1) is 11.3 Å². The zero-order valence-corrected chi connectivity index (χ0v) is 24.8. The predicted octanol–water partition coefficient (Wildman–Crippen LogP) is 5.70. The zero-order valence-electron chi connectivity index (χ0n) is 24.8. The Morgan fingerprint density at radius 3 is 2.62 bits per heavy atom. The van der Waals surface area contributed by atoms with Crippen LogP contribution in [0.25, 0.3) is 33.6 Å². The highest BCUT2D eigenvalue weighted by Gasteiger charge is 2.24. The molecule has 9 nitrogen and oxygen atoms in total. The van der Waals surface area contributed by atoms with Gasteiger partial charge in [-0.05, 0) is 82.7 Å². The normalized spacial score (nSPS) is 14.1. The van der Waals surface area contributed by atoms with E-state index < -0.39 is 5.54 Å². The summed E-state index contributed by atoms with van der Waals surface area (Å²) in [4.78, 5) is 19.6. The average Bonchev–Trinajstić information content (AvgIpc) is 3.41. The van der Waals surface area contributed by atoms with Crippen molar-refractivity contribution in [1.29, 1.82) is 5.26 Å². The van der Waals surface area contributed by atoms with E-state index in [1.807, 2.05) is 69.2 Å². The van der Waals surface area contributed by atoms with Gasteiger partial charge in [0, 0.05) is 54.7 Å². The quantitative estimate of drug-likeness (QED) is 0.265. The first-order chi connectivity index (χ1) is 20.2. The summed E-state index contributed by atoms with van der Waals surface area (Å²) in [6.07, 6.45) is 3.56. The highest BCUT2D eigenvalue weighted by atomic mass is 16.5. The molecule has 218 valence electrons. The molecule has 0 radical (unpaired) electrons. The number of methoxy groups -OCH3 is 1. The fourth-order valence-corrected chi connectivity index (χ4v) is 5.54. The third-order valence-electron chi connectivity index (χ3n) is 7.34. The van der Waals surface area contributed by atoms with Gasteiger partial charge < -0.3 is 29.4 Å². The molecular weight excluding hydrogens is 530 g/mol. The van der Waals surface area contributed by atoms with E-state index in [1.54, 1.807) is 25.4 Å². The number of hydrogen-bond acceptors (Lipinski definition) is 8. The number of ether oxygens (including phenoxy) is 2. The number of furan rings is 1. The van der Waals surface area contributed by atoms with Gasteiger partial charge in [-0.1, -0.05) is 6.07 Å². The number of amides is 1. The number of anilines is 1.